The van der Waals surface area contributed by atoms with Crippen LogP contribution in [0.5, 0.6) is 0 Å². The van der Waals surface area contributed by atoms with Gasteiger partial charge in [0.15, 0.2) is 6.10 Å². The first-order valence-electron chi connectivity index (χ1n) is 14.4. The second-order valence-corrected chi connectivity index (χ2v) is 10.5. The molecule has 0 saturated heterocycles. The van der Waals surface area contributed by atoms with E-state index in [2.05, 4.69) is 6.92 Å². The summed E-state index contributed by atoms with van der Waals surface area (Å²) >= 11 is 0. The first-order chi connectivity index (χ1) is 18.7. The molecule has 0 aliphatic carbocycles. The molecule has 0 aromatic rings. The normalized spacial score (nSPS) is 12.3. The lowest BCUT2D eigenvalue weighted by Crippen LogP contribution is -2.37. The first kappa shape index (κ1) is 42.6. The van der Waals surface area contributed by atoms with Crippen molar-refractivity contribution < 1.29 is 55.9 Å². The minimum atomic E-state index is -1.16. The zero-order valence-corrected chi connectivity index (χ0v) is 24.2. The lowest BCUT2D eigenvalue weighted by Gasteiger charge is -2.23. The van der Waals surface area contributed by atoms with E-state index in [9.17, 15) is 4.79 Å². The minimum absolute atomic E-state index is 0.396. The van der Waals surface area contributed by atoms with Gasteiger partial charge in [-0.25, -0.2) is 4.79 Å². The molecule has 0 aromatic heterocycles. The largest absolute Gasteiger partial charge is 0.479 e. The van der Waals surface area contributed by atoms with Gasteiger partial charge in [-0.2, -0.15) is 0 Å². The maximum atomic E-state index is 10.4. The number of unbranched alkanes of at least 4 members (excludes halogenated alkanes) is 13. The number of hydrogen-bond acceptors (Lipinski definition) is 10. The van der Waals surface area contributed by atoms with Gasteiger partial charge in [-0.15, -0.1) is 0 Å². The van der Waals surface area contributed by atoms with E-state index in [0.29, 0.717) is 6.42 Å². The highest BCUT2D eigenvalue weighted by molar-refractivity contribution is 5.71. The van der Waals surface area contributed by atoms with Crippen molar-refractivity contribution in [2.75, 3.05) is 52.9 Å². The van der Waals surface area contributed by atoms with E-state index in [-0.39, 0.29) is 0 Å². The second-order valence-electron chi connectivity index (χ2n) is 10.5. The molecular formula is C28H60O11. The van der Waals surface area contributed by atoms with Crippen molar-refractivity contribution in [1.82, 2.24) is 0 Å². The number of carboxylic acids is 1. The van der Waals surface area contributed by atoms with E-state index in [1.54, 1.807) is 0 Å². The molecule has 11 nitrogen and oxygen atoms in total. The summed E-state index contributed by atoms with van der Waals surface area (Å²) in [6.45, 7) is -0.992. The zero-order chi connectivity index (χ0) is 30.4. The van der Waals surface area contributed by atoms with Crippen molar-refractivity contribution in [3.05, 3.63) is 0 Å². The van der Waals surface area contributed by atoms with Gasteiger partial charge in [0.05, 0.1) is 63.7 Å². The number of carbonyl (C=O) groups is 1. The van der Waals surface area contributed by atoms with E-state index in [1.165, 1.54) is 77.0 Å². The third-order valence-electron chi connectivity index (χ3n) is 6.80. The Labute approximate surface area is 235 Å². The van der Waals surface area contributed by atoms with Crippen molar-refractivity contribution in [1.29, 1.82) is 0 Å². The van der Waals surface area contributed by atoms with Gasteiger partial charge in [0.1, 0.15) is 0 Å². The summed E-state index contributed by atoms with van der Waals surface area (Å²) in [6, 6.07) is 0. The predicted octanol–water partition coefficient (Wildman–Crippen LogP) is 1.19. The molecule has 0 aromatic carbocycles. The summed E-state index contributed by atoms with van der Waals surface area (Å²) in [5.74, 6) is -1.09. The summed E-state index contributed by atoms with van der Waals surface area (Å²) in [6.07, 6.45) is 17.3. The Kier molecular flexibility index (Phi) is 32.8. The molecule has 11 heteroatoms. The van der Waals surface area contributed by atoms with Gasteiger partial charge in [-0.1, -0.05) is 96.8 Å². The third-order valence-corrected chi connectivity index (χ3v) is 6.80. The van der Waals surface area contributed by atoms with E-state index in [1.807, 2.05) is 0 Å². The van der Waals surface area contributed by atoms with Crippen LogP contribution in [0.15, 0.2) is 0 Å². The van der Waals surface area contributed by atoms with Gasteiger partial charge in [0.2, 0.25) is 0 Å². The lowest BCUT2D eigenvalue weighted by molar-refractivity contribution is -0.146. The Morgan fingerprint density at radius 1 is 0.487 bits per heavy atom. The van der Waals surface area contributed by atoms with Crippen molar-refractivity contribution in [2.45, 2.75) is 109 Å². The summed E-state index contributed by atoms with van der Waals surface area (Å²) < 4.78 is 0. The van der Waals surface area contributed by atoms with Crippen LogP contribution in [0.1, 0.15) is 103 Å². The van der Waals surface area contributed by atoms with Gasteiger partial charge in [-0.3, -0.25) is 0 Å². The van der Waals surface area contributed by atoms with Crippen LogP contribution in [0.2, 0.25) is 0 Å². The standard InChI is InChI=1S/C18H36O3.2C5H12O4/c1-2-3-4-5-6-7-8-9-10-11-12-13-14-15-16-17(19)18(20)21;2*6-1-5(2-7,3-8)4-9/h17,19H,2-16H2,1H3,(H,20,21);2*6-9H,1-4H2. The van der Waals surface area contributed by atoms with Crippen LogP contribution >= 0.6 is 0 Å². The molecule has 39 heavy (non-hydrogen) atoms. The van der Waals surface area contributed by atoms with Crippen molar-refractivity contribution in [3.8, 4) is 0 Å². The highest BCUT2D eigenvalue weighted by Crippen LogP contribution is 2.14. The molecule has 238 valence electrons. The van der Waals surface area contributed by atoms with Crippen molar-refractivity contribution in [2.24, 2.45) is 10.8 Å². The maximum Gasteiger partial charge on any atom is 0.332 e. The average Bonchev–Trinajstić information content (AvgIpc) is 2.97. The Hall–Kier alpha value is -0.890. The number of carboxylic acid groups (broad SMARTS) is 1. The van der Waals surface area contributed by atoms with Crippen LogP contribution in [-0.2, 0) is 4.79 Å². The molecular weight excluding hydrogens is 512 g/mol. The van der Waals surface area contributed by atoms with E-state index >= 15 is 0 Å². The third kappa shape index (κ3) is 24.6. The van der Waals surface area contributed by atoms with Crippen LogP contribution in [0.3, 0.4) is 0 Å². The molecule has 0 aliphatic rings. The van der Waals surface area contributed by atoms with Crippen LogP contribution in [0.4, 0.5) is 0 Å². The topological polar surface area (TPSA) is 219 Å². The van der Waals surface area contributed by atoms with Crippen LogP contribution in [0.25, 0.3) is 0 Å². The fraction of sp³-hybridized carbons (Fsp3) is 0.964. The lowest BCUT2D eigenvalue weighted by atomic mass is 9.93. The van der Waals surface area contributed by atoms with E-state index < -0.39 is 75.8 Å². The Morgan fingerprint density at radius 3 is 0.897 bits per heavy atom. The van der Waals surface area contributed by atoms with Crippen molar-refractivity contribution >= 4 is 5.97 Å². The summed E-state index contributed by atoms with van der Waals surface area (Å²) in [7, 11) is 0. The molecule has 0 amide bonds. The fourth-order valence-corrected chi connectivity index (χ4v) is 3.26. The van der Waals surface area contributed by atoms with E-state index in [4.69, 9.17) is 51.1 Å². The molecule has 0 saturated carbocycles. The Bertz CT molecular complexity index is 443. The highest BCUT2D eigenvalue weighted by atomic mass is 16.4. The van der Waals surface area contributed by atoms with E-state index in [0.717, 1.165) is 12.8 Å². The van der Waals surface area contributed by atoms with Gasteiger partial charge >= 0.3 is 5.97 Å². The summed E-state index contributed by atoms with van der Waals surface area (Å²) in [5.41, 5.74) is -2.22. The Balaban J connectivity index is -0.000000592. The highest BCUT2D eigenvalue weighted by Gasteiger charge is 2.27. The van der Waals surface area contributed by atoms with Crippen LogP contribution < -0.4 is 0 Å². The first-order valence-corrected chi connectivity index (χ1v) is 14.4. The minimum Gasteiger partial charge on any atom is -0.479 e. The molecule has 0 radical (unpaired) electrons. The van der Waals surface area contributed by atoms with Gasteiger partial charge in [0, 0.05) is 0 Å². The molecule has 0 rings (SSSR count). The maximum absolute atomic E-state index is 10.4. The van der Waals surface area contributed by atoms with Gasteiger partial charge < -0.3 is 51.1 Å². The van der Waals surface area contributed by atoms with Crippen LogP contribution in [0, 0.1) is 10.8 Å². The molecule has 0 spiro atoms. The van der Waals surface area contributed by atoms with Crippen molar-refractivity contribution in [3.63, 3.8) is 0 Å². The SMILES string of the molecule is CCCCCCCCCCCCCCCCC(O)C(=O)O.OCC(CO)(CO)CO.OCC(CO)(CO)CO. The Morgan fingerprint density at radius 2 is 0.718 bits per heavy atom. The molecule has 1 atom stereocenters. The second kappa shape index (κ2) is 30.1. The average molecular weight is 573 g/mol. The zero-order valence-electron chi connectivity index (χ0n) is 24.2. The molecule has 0 fully saturated rings. The smallest absolute Gasteiger partial charge is 0.332 e. The van der Waals surface area contributed by atoms with Crippen LogP contribution in [-0.4, -0.2) is 116 Å². The van der Waals surface area contributed by atoms with Gasteiger partial charge in [0.25, 0.3) is 0 Å². The molecule has 0 aliphatic heterocycles. The molecule has 10 N–H and O–H groups in total. The number of aliphatic hydroxyl groups is 9. The number of rotatable bonds is 24. The molecule has 1 unspecified atom stereocenters. The number of aliphatic carboxylic acids is 1. The predicted molar refractivity (Wildman–Crippen MR) is 150 cm³/mol. The fourth-order valence-electron chi connectivity index (χ4n) is 3.26. The monoisotopic (exact) mass is 572 g/mol. The number of hydrogen-bond donors (Lipinski definition) is 10. The quantitative estimate of drug-likeness (QED) is 0.0740. The molecule has 0 bridgehead atoms. The summed E-state index contributed by atoms with van der Waals surface area (Å²) in [4.78, 5) is 10.4. The molecule has 0 heterocycles. The summed E-state index contributed by atoms with van der Waals surface area (Å²) in [5, 5.41) is 85.6. The van der Waals surface area contributed by atoms with Gasteiger partial charge in [-0.05, 0) is 6.42 Å². The number of aliphatic hydroxyl groups excluding tert-OH is 9.